The number of nitrogens with zero attached hydrogens (tertiary/aromatic N) is 3. The van der Waals surface area contributed by atoms with Crippen molar-refractivity contribution in [3.63, 3.8) is 0 Å². The van der Waals surface area contributed by atoms with Crippen molar-refractivity contribution in [3.8, 4) is 5.75 Å². The lowest BCUT2D eigenvalue weighted by molar-refractivity contribution is 0.327. The lowest BCUT2D eigenvalue weighted by Crippen LogP contribution is -2.35. The van der Waals surface area contributed by atoms with E-state index in [9.17, 15) is 8.42 Å². The van der Waals surface area contributed by atoms with Crippen LogP contribution in [0.15, 0.2) is 35.6 Å². The predicted molar refractivity (Wildman–Crippen MR) is 96.3 cm³/mol. The molecule has 0 spiro atoms. The Morgan fingerprint density at radius 3 is 2.52 bits per heavy atom. The fourth-order valence-electron chi connectivity index (χ4n) is 3.21. The summed E-state index contributed by atoms with van der Waals surface area (Å²) in [6, 6.07) is 7.35. The zero-order valence-corrected chi connectivity index (χ0v) is 15.9. The van der Waals surface area contributed by atoms with Crippen LogP contribution < -0.4 is 4.74 Å². The van der Waals surface area contributed by atoms with E-state index in [2.05, 4.69) is 4.98 Å². The van der Waals surface area contributed by atoms with Crippen molar-refractivity contribution in [1.29, 1.82) is 0 Å². The molecule has 136 valence electrons. The molecule has 2 aromatic rings. The molecule has 0 aliphatic carbocycles. The van der Waals surface area contributed by atoms with Crippen molar-refractivity contribution < 1.29 is 13.2 Å². The summed E-state index contributed by atoms with van der Waals surface area (Å²) < 4.78 is 34.7. The molecule has 0 saturated carbocycles. The van der Waals surface area contributed by atoms with Crippen LogP contribution >= 0.6 is 11.6 Å². The summed E-state index contributed by atoms with van der Waals surface area (Å²) in [6.07, 6.45) is 5.02. The summed E-state index contributed by atoms with van der Waals surface area (Å²) in [5.41, 5.74) is 0.957. The zero-order chi connectivity index (χ0) is 18.0. The molecule has 1 aliphatic heterocycles. The van der Waals surface area contributed by atoms with Crippen molar-refractivity contribution in [3.05, 3.63) is 41.3 Å². The second-order valence-corrected chi connectivity index (χ2v) is 8.37. The second-order valence-electron chi connectivity index (χ2n) is 6.21. The summed E-state index contributed by atoms with van der Waals surface area (Å²) >= 11 is 6.16. The van der Waals surface area contributed by atoms with E-state index in [-0.39, 0.29) is 16.2 Å². The molecule has 0 unspecified atom stereocenters. The Kier molecular flexibility index (Phi) is 5.36. The summed E-state index contributed by atoms with van der Waals surface area (Å²) in [6.45, 7) is 0.464. The number of halogens is 1. The lowest BCUT2D eigenvalue weighted by atomic mass is 10.0. The number of ether oxygens (including phenoxy) is 1. The maximum atomic E-state index is 13.2. The van der Waals surface area contributed by atoms with Crippen LogP contribution in [0.5, 0.6) is 5.75 Å². The van der Waals surface area contributed by atoms with Gasteiger partial charge in [0.05, 0.1) is 19.5 Å². The molecule has 1 atom stereocenters. The molecule has 1 aromatic carbocycles. The first-order valence-electron chi connectivity index (χ1n) is 8.27. The fourth-order valence-corrected chi connectivity index (χ4v) is 5.28. The molecule has 8 heteroatoms. The van der Waals surface area contributed by atoms with Gasteiger partial charge >= 0.3 is 0 Å². The molecule has 1 saturated heterocycles. The van der Waals surface area contributed by atoms with E-state index in [0.29, 0.717) is 6.54 Å². The number of benzene rings is 1. The van der Waals surface area contributed by atoms with Crippen LogP contribution in [-0.2, 0) is 17.1 Å². The van der Waals surface area contributed by atoms with Gasteiger partial charge in [0.15, 0.2) is 0 Å². The van der Waals surface area contributed by atoms with Crippen molar-refractivity contribution in [2.75, 3.05) is 13.7 Å². The third kappa shape index (κ3) is 3.54. The van der Waals surface area contributed by atoms with E-state index in [0.717, 1.165) is 37.0 Å². The van der Waals surface area contributed by atoms with Gasteiger partial charge < -0.3 is 9.30 Å². The van der Waals surface area contributed by atoms with E-state index in [1.807, 2.05) is 24.3 Å². The third-order valence-electron chi connectivity index (χ3n) is 4.59. The highest BCUT2D eigenvalue weighted by Gasteiger charge is 2.36. The monoisotopic (exact) mass is 383 g/mol. The number of sulfonamides is 1. The Morgan fingerprint density at radius 1 is 1.20 bits per heavy atom. The number of hydrogen-bond acceptors (Lipinski definition) is 4. The number of aryl methyl sites for hydroxylation is 1. The van der Waals surface area contributed by atoms with Crippen LogP contribution in [-0.4, -0.2) is 35.9 Å². The lowest BCUT2D eigenvalue weighted by Gasteiger charge is -2.29. The molecule has 1 aromatic heterocycles. The average Bonchev–Trinajstić information content (AvgIpc) is 2.82. The number of methoxy groups -OCH3 is 1. The minimum absolute atomic E-state index is 0.0721. The quantitative estimate of drug-likeness (QED) is 0.811. The van der Waals surface area contributed by atoms with Gasteiger partial charge in [-0.1, -0.05) is 36.6 Å². The average molecular weight is 384 g/mol. The molecule has 0 bridgehead atoms. The highest BCUT2D eigenvalue weighted by molar-refractivity contribution is 7.89. The summed E-state index contributed by atoms with van der Waals surface area (Å²) in [5, 5.41) is 0.0646. The summed E-state index contributed by atoms with van der Waals surface area (Å²) in [4.78, 5) is 4.03. The maximum absolute atomic E-state index is 13.2. The highest BCUT2D eigenvalue weighted by atomic mass is 35.5. The molecule has 1 aliphatic rings. The van der Waals surface area contributed by atoms with Gasteiger partial charge in [-0.3, -0.25) is 0 Å². The molecule has 25 heavy (non-hydrogen) atoms. The van der Waals surface area contributed by atoms with Gasteiger partial charge in [-0.2, -0.15) is 4.31 Å². The minimum Gasteiger partial charge on any atom is -0.497 e. The van der Waals surface area contributed by atoms with Crippen LogP contribution in [0.3, 0.4) is 0 Å². The Bertz CT molecular complexity index is 833. The first-order valence-corrected chi connectivity index (χ1v) is 10.1. The van der Waals surface area contributed by atoms with E-state index >= 15 is 0 Å². The number of aromatic nitrogens is 2. The van der Waals surface area contributed by atoms with Crippen molar-refractivity contribution in [1.82, 2.24) is 13.9 Å². The van der Waals surface area contributed by atoms with Gasteiger partial charge in [0.25, 0.3) is 10.0 Å². The largest absolute Gasteiger partial charge is 0.497 e. The van der Waals surface area contributed by atoms with E-state index < -0.39 is 10.0 Å². The molecular formula is C17H22ClN3O3S. The molecule has 0 amide bonds. The minimum atomic E-state index is -3.77. The van der Waals surface area contributed by atoms with Crippen molar-refractivity contribution in [2.45, 2.75) is 36.8 Å². The topological polar surface area (TPSA) is 64.4 Å². The number of imidazole rings is 1. The van der Waals surface area contributed by atoms with Crippen LogP contribution in [0.25, 0.3) is 0 Å². The van der Waals surface area contributed by atoms with Crippen LogP contribution in [0.2, 0.25) is 5.15 Å². The van der Waals surface area contributed by atoms with Gasteiger partial charge in [0, 0.05) is 13.6 Å². The Hall–Kier alpha value is -1.57. The SMILES string of the molecule is COc1ccc([C@@H]2CCCCCN2S(=O)(=O)c2ncn(C)c2Cl)cc1. The van der Waals surface area contributed by atoms with Gasteiger partial charge in [-0.25, -0.2) is 13.4 Å². The molecule has 6 nitrogen and oxygen atoms in total. The first kappa shape index (κ1) is 18.2. The number of rotatable bonds is 4. The maximum Gasteiger partial charge on any atom is 0.264 e. The van der Waals surface area contributed by atoms with Gasteiger partial charge in [-0.15, -0.1) is 0 Å². The highest BCUT2D eigenvalue weighted by Crippen LogP contribution is 2.36. The summed E-state index contributed by atoms with van der Waals surface area (Å²) in [7, 11) is -0.480. The van der Waals surface area contributed by atoms with Crippen molar-refractivity contribution in [2.24, 2.45) is 7.05 Å². The van der Waals surface area contributed by atoms with E-state index in [1.54, 1.807) is 18.5 Å². The number of hydrogen-bond donors (Lipinski definition) is 0. The van der Waals surface area contributed by atoms with Crippen LogP contribution in [0, 0.1) is 0 Å². The summed E-state index contributed by atoms with van der Waals surface area (Å²) in [5.74, 6) is 0.750. The van der Waals surface area contributed by atoms with Gasteiger partial charge in [0.2, 0.25) is 5.03 Å². The molecular weight excluding hydrogens is 362 g/mol. The molecule has 1 fully saturated rings. The van der Waals surface area contributed by atoms with Gasteiger partial charge in [-0.05, 0) is 30.5 Å². The smallest absolute Gasteiger partial charge is 0.264 e. The molecule has 0 radical (unpaired) electrons. The van der Waals surface area contributed by atoms with Gasteiger partial charge in [0.1, 0.15) is 10.9 Å². The zero-order valence-electron chi connectivity index (χ0n) is 14.4. The van der Waals surface area contributed by atoms with Crippen LogP contribution in [0.4, 0.5) is 0 Å². The Balaban J connectivity index is 2.01. The van der Waals surface area contributed by atoms with Crippen LogP contribution in [0.1, 0.15) is 37.3 Å². The second kappa shape index (κ2) is 7.35. The normalized spacial score (nSPS) is 19.6. The first-order chi connectivity index (χ1) is 11.9. The van der Waals surface area contributed by atoms with E-state index in [1.165, 1.54) is 10.9 Å². The Labute approximate surface area is 153 Å². The molecule has 2 heterocycles. The van der Waals surface area contributed by atoms with Crippen molar-refractivity contribution >= 4 is 21.6 Å². The Morgan fingerprint density at radius 2 is 1.92 bits per heavy atom. The fraction of sp³-hybridized carbons (Fsp3) is 0.471. The van der Waals surface area contributed by atoms with E-state index in [4.69, 9.17) is 16.3 Å². The standard InChI is InChI=1S/C17H22ClN3O3S/c1-20-12-19-17(16(20)18)25(22,23)21-11-5-3-4-6-15(21)13-7-9-14(24-2)10-8-13/h7-10,12,15H,3-6,11H2,1-2H3/t15-/m0/s1. The molecule has 3 rings (SSSR count). The predicted octanol–water partition coefficient (Wildman–Crippen LogP) is 3.39. The molecule has 0 N–H and O–H groups in total. The third-order valence-corrected chi connectivity index (χ3v) is 6.99.